The quantitative estimate of drug-likeness (QED) is 0.731. The number of nitrogens with one attached hydrogen (secondary N) is 2. The Morgan fingerprint density at radius 2 is 1.75 bits per heavy atom. The fourth-order valence-electron chi connectivity index (χ4n) is 3.03. The summed E-state index contributed by atoms with van der Waals surface area (Å²) in [6.07, 6.45) is -4.82. The standard InChI is InChI=1S/C18H24F3N3O4/c1-12-8-24(9-13(2)27-12)17(26)11-23(3)10-16(25)22-14-4-6-15(7-5-14)28-18(19,20)21/h4-7,12-13H,8-11H2,1-3H3,(H,22,25)/p+1/t12-,13+. The van der Waals surface area contributed by atoms with Crippen molar-refractivity contribution in [2.45, 2.75) is 32.4 Å². The van der Waals surface area contributed by atoms with Crippen LogP contribution in [0.1, 0.15) is 13.8 Å². The van der Waals surface area contributed by atoms with Crippen LogP contribution in [0.5, 0.6) is 5.75 Å². The molecule has 2 amide bonds. The lowest BCUT2D eigenvalue weighted by atomic mass is 10.2. The normalized spacial score (nSPS) is 21.1. The Morgan fingerprint density at radius 1 is 1.18 bits per heavy atom. The average molecular weight is 404 g/mol. The van der Waals surface area contributed by atoms with Crippen LogP contribution in [-0.4, -0.2) is 68.5 Å². The Hall–Kier alpha value is -2.33. The van der Waals surface area contributed by atoms with Gasteiger partial charge in [-0.2, -0.15) is 0 Å². The van der Waals surface area contributed by atoms with Gasteiger partial charge in [0.15, 0.2) is 13.1 Å². The van der Waals surface area contributed by atoms with Gasteiger partial charge in [-0.1, -0.05) is 0 Å². The molecule has 0 aliphatic carbocycles. The van der Waals surface area contributed by atoms with Crippen LogP contribution in [0.3, 0.4) is 0 Å². The van der Waals surface area contributed by atoms with Crippen LogP contribution in [0.15, 0.2) is 24.3 Å². The second-order valence-corrected chi connectivity index (χ2v) is 6.99. The number of anilines is 1. The Kier molecular flexibility index (Phi) is 7.25. The highest BCUT2D eigenvalue weighted by Crippen LogP contribution is 2.23. The number of morpholine rings is 1. The van der Waals surface area contributed by atoms with E-state index in [-0.39, 0.29) is 42.9 Å². The molecule has 2 N–H and O–H groups in total. The number of nitrogens with zero attached hydrogens (tertiary/aromatic N) is 1. The van der Waals surface area contributed by atoms with Gasteiger partial charge in [0, 0.05) is 18.8 Å². The molecule has 10 heteroatoms. The number of ether oxygens (including phenoxy) is 2. The summed E-state index contributed by atoms with van der Waals surface area (Å²) in [4.78, 5) is 26.9. The predicted molar refractivity (Wildman–Crippen MR) is 95.0 cm³/mol. The molecule has 1 heterocycles. The molecule has 1 fully saturated rings. The zero-order valence-corrected chi connectivity index (χ0v) is 16.0. The lowest BCUT2D eigenvalue weighted by Gasteiger charge is -2.35. The number of hydrogen-bond donors (Lipinski definition) is 2. The molecule has 1 aliphatic rings. The van der Waals surface area contributed by atoms with Gasteiger partial charge in [-0.25, -0.2) is 0 Å². The largest absolute Gasteiger partial charge is 0.573 e. The van der Waals surface area contributed by atoms with Crippen LogP contribution in [0.2, 0.25) is 0 Å². The van der Waals surface area contributed by atoms with Crippen LogP contribution in [-0.2, 0) is 14.3 Å². The van der Waals surface area contributed by atoms with E-state index in [2.05, 4.69) is 10.1 Å². The maximum Gasteiger partial charge on any atom is 0.573 e. The van der Waals surface area contributed by atoms with Gasteiger partial charge in [-0.15, -0.1) is 13.2 Å². The molecule has 0 aromatic heterocycles. The highest BCUT2D eigenvalue weighted by Gasteiger charge is 2.31. The van der Waals surface area contributed by atoms with Crippen LogP contribution in [0, 0.1) is 0 Å². The number of amides is 2. The van der Waals surface area contributed by atoms with Crippen LogP contribution >= 0.6 is 0 Å². The van der Waals surface area contributed by atoms with Crippen molar-refractivity contribution in [2.75, 3.05) is 38.5 Å². The number of benzene rings is 1. The molecule has 3 atom stereocenters. The van der Waals surface area contributed by atoms with Gasteiger partial charge in [0.1, 0.15) is 5.75 Å². The third kappa shape index (κ3) is 7.35. The zero-order valence-electron chi connectivity index (χ0n) is 16.0. The van der Waals surface area contributed by atoms with E-state index in [1.54, 1.807) is 11.9 Å². The van der Waals surface area contributed by atoms with Crippen molar-refractivity contribution in [3.63, 3.8) is 0 Å². The summed E-state index contributed by atoms with van der Waals surface area (Å²) in [7, 11) is 1.73. The maximum atomic E-state index is 12.4. The van der Waals surface area contributed by atoms with Gasteiger partial charge in [0.25, 0.3) is 11.8 Å². The minimum atomic E-state index is -4.76. The smallest absolute Gasteiger partial charge is 0.406 e. The van der Waals surface area contributed by atoms with E-state index in [9.17, 15) is 22.8 Å². The van der Waals surface area contributed by atoms with Crippen molar-refractivity contribution in [1.29, 1.82) is 0 Å². The number of likely N-dealkylation sites (N-methyl/N-ethyl adjacent to an activating group) is 1. The number of alkyl halides is 3. The molecule has 1 saturated heterocycles. The fourth-order valence-corrected chi connectivity index (χ4v) is 3.03. The minimum Gasteiger partial charge on any atom is -0.406 e. The summed E-state index contributed by atoms with van der Waals surface area (Å²) < 4.78 is 45.8. The number of carbonyl (C=O) groups is 2. The Labute approximate surface area is 161 Å². The van der Waals surface area contributed by atoms with Crippen LogP contribution in [0.4, 0.5) is 18.9 Å². The summed E-state index contributed by atoms with van der Waals surface area (Å²) >= 11 is 0. The van der Waals surface area contributed by atoms with Gasteiger partial charge in [0.05, 0.1) is 19.3 Å². The number of carbonyl (C=O) groups excluding carboxylic acids is 2. The van der Waals surface area contributed by atoms with Gasteiger partial charge in [-0.05, 0) is 38.1 Å². The van der Waals surface area contributed by atoms with Gasteiger partial charge in [-0.3, -0.25) is 9.59 Å². The molecule has 0 saturated carbocycles. The number of halogens is 3. The molecule has 0 radical (unpaired) electrons. The van der Waals surface area contributed by atoms with E-state index >= 15 is 0 Å². The van der Waals surface area contributed by atoms with E-state index < -0.39 is 6.36 Å². The van der Waals surface area contributed by atoms with E-state index in [1.807, 2.05) is 13.8 Å². The number of rotatable bonds is 6. The highest BCUT2D eigenvalue weighted by atomic mass is 19.4. The monoisotopic (exact) mass is 404 g/mol. The molecule has 0 spiro atoms. The van der Waals surface area contributed by atoms with Gasteiger partial charge < -0.3 is 24.6 Å². The van der Waals surface area contributed by atoms with Crippen molar-refractivity contribution in [2.24, 2.45) is 0 Å². The fraction of sp³-hybridized carbons (Fsp3) is 0.556. The maximum absolute atomic E-state index is 12.4. The van der Waals surface area contributed by atoms with Crippen molar-refractivity contribution in [3.8, 4) is 5.75 Å². The summed E-state index contributed by atoms with van der Waals surface area (Å²) in [5.74, 6) is -0.771. The second kappa shape index (κ2) is 9.24. The number of hydrogen-bond acceptors (Lipinski definition) is 4. The first-order valence-corrected chi connectivity index (χ1v) is 8.92. The number of quaternary nitrogens is 1. The summed E-state index contributed by atoms with van der Waals surface area (Å²) in [5.41, 5.74) is 0.342. The van der Waals surface area contributed by atoms with Crippen molar-refractivity contribution >= 4 is 17.5 Å². The molecule has 1 aromatic carbocycles. The first kappa shape index (κ1) is 22.0. The second-order valence-electron chi connectivity index (χ2n) is 6.99. The minimum absolute atomic E-state index is 0.0272. The topological polar surface area (TPSA) is 72.3 Å². The first-order valence-electron chi connectivity index (χ1n) is 8.92. The molecule has 2 rings (SSSR count). The van der Waals surface area contributed by atoms with Crippen LogP contribution < -0.4 is 15.0 Å². The molecular formula is C18H25F3N3O4+. The third-order valence-electron chi connectivity index (χ3n) is 4.06. The SMILES string of the molecule is C[C@@H]1CN(C(=O)C[NH+](C)CC(=O)Nc2ccc(OC(F)(F)F)cc2)C[C@H](C)O1. The Morgan fingerprint density at radius 3 is 2.29 bits per heavy atom. The van der Waals surface area contributed by atoms with Crippen molar-refractivity contribution < 1.29 is 37.1 Å². The summed E-state index contributed by atoms with van der Waals surface area (Å²) in [6, 6.07) is 4.86. The van der Waals surface area contributed by atoms with E-state index in [4.69, 9.17) is 4.74 Å². The average Bonchev–Trinajstić information content (AvgIpc) is 2.54. The Balaban J connectivity index is 1.79. The van der Waals surface area contributed by atoms with E-state index in [0.717, 1.165) is 12.1 Å². The van der Waals surface area contributed by atoms with E-state index in [1.165, 1.54) is 12.1 Å². The summed E-state index contributed by atoms with van der Waals surface area (Å²) in [5, 5.41) is 2.59. The van der Waals surface area contributed by atoms with Gasteiger partial charge >= 0.3 is 6.36 Å². The molecule has 0 bridgehead atoms. The Bertz CT molecular complexity index is 672. The van der Waals surface area contributed by atoms with Crippen molar-refractivity contribution in [3.05, 3.63) is 24.3 Å². The third-order valence-corrected chi connectivity index (χ3v) is 4.06. The van der Waals surface area contributed by atoms with Gasteiger partial charge in [0.2, 0.25) is 0 Å². The zero-order chi connectivity index (χ0) is 20.9. The molecule has 28 heavy (non-hydrogen) atoms. The van der Waals surface area contributed by atoms with E-state index in [0.29, 0.717) is 23.7 Å². The highest BCUT2D eigenvalue weighted by molar-refractivity contribution is 5.91. The lowest BCUT2D eigenvalue weighted by molar-refractivity contribution is -0.862. The van der Waals surface area contributed by atoms with Crippen LogP contribution in [0.25, 0.3) is 0 Å². The van der Waals surface area contributed by atoms with Crippen molar-refractivity contribution in [1.82, 2.24) is 4.90 Å². The lowest BCUT2D eigenvalue weighted by Crippen LogP contribution is -3.11. The summed E-state index contributed by atoms with van der Waals surface area (Å²) in [6.45, 7) is 5.06. The molecule has 7 nitrogen and oxygen atoms in total. The molecule has 156 valence electrons. The molecule has 1 aliphatic heterocycles. The predicted octanol–water partition coefficient (Wildman–Crippen LogP) is 0.674. The first-order chi connectivity index (χ1) is 13.0. The molecule has 1 aromatic rings. The molecule has 1 unspecified atom stereocenters. The molecular weight excluding hydrogens is 379 g/mol.